The van der Waals surface area contributed by atoms with Gasteiger partial charge in [0.1, 0.15) is 0 Å². The highest BCUT2D eigenvalue weighted by Gasteiger charge is 2.44. The van der Waals surface area contributed by atoms with E-state index in [0.717, 1.165) is 5.57 Å². The highest BCUT2D eigenvalue weighted by molar-refractivity contribution is 5.43. The molecule has 0 amide bonds. The van der Waals surface area contributed by atoms with Gasteiger partial charge in [0.25, 0.3) is 0 Å². The van der Waals surface area contributed by atoms with Crippen LogP contribution in [0.1, 0.15) is 0 Å². The van der Waals surface area contributed by atoms with E-state index in [1.807, 2.05) is 0 Å². The van der Waals surface area contributed by atoms with Crippen molar-refractivity contribution in [1.82, 2.24) is 0 Å². The molecule has 0 N–H and O–H groups in total. The van der Waals surface area contributed by atoms with E-state index in [4.69, 9.17) is 5.26 Å². The van der Waals surface area contributed by atoms with Gasteiger partial charge in [-0.3, -0.25) is 0 Å². The van der Waals surface area contributed by atoms with Crippen LogP contribution in [-0.2, 0) is 0 Å². The zero-order chi connectivity index (χ0) is 8.13. The van der Waals surface area contributed by atoms with Crippen molar-refractivity contribution in [3.05, 3.63) is 36.0 Å². The summed E-state index contributed by atoms with van der Waals surface area (Å²) in [4.78, 5) is 0. The third-order valence-electron chi connectivity index (χ3n) is 3.26. The molecule has 0 unspecified atom stereocenters. The number of hydrogen-bond acceptors (Lipinski definition) is 1. The minimum Gasteiger partial charge on any atom is -0.193 e. The molecule has 0 aromatic rings. The van der Waals surface area contributed by atoms with Gasteiger partial charge < -0.3 is 0 Å². The van der Waals surface area contributed by atoms with Crippen molar-refractivity contribution < 1.29 is 0 Å². The lowest BCUT2D eigenvalue weighted by molar-refractivity contribution is 0.415. The van der Waals surface area contributed by atoms with Crippen LogP contribution in [0.25, 0.3) is 0 Å². The van der Waals surface area contributed by atoms with E-state index in [1.54, 1.807) is 0 Å². The van der Waals surface area contributed by atoms with Crippen molar-refractivity contribution in [2.24, 2.45) is 23.7 Å². The maximum absolute atomic E-state index is 8.86. The normalized spacial score (nSPS) is 46.1. The summed E-state index contributed by atoms with van der Waals surface area (Å²) in [6.45, 7) is 0. The van der Waals surface area contributed by atoms with Gasteiger partial charge >= 0.3 is 0 Å². The molecule has 3 aliphatic rings. The number of nitrogens with zero attached hydrogens (tertiary/aromatic N) is 1. The van der Waals surface area contributed by atoms with Gasteiger partial charge in [-0.05, 0) is 11.8 Å². The molecule has 0 saturated heterocycles. The van der Waals surface area contributed by atoms with Crippen molar-refractivity contribution in [3.63, 3.8) is 0 Å². The first-order valence-corrected chi connectivity index (χ1v) is 4.38. The number of nitriles is 1. The minimum atomic E-state index is 0.431. The Labute approximate surface area is 71.7 Å². The Bertz CT molecular complexity index is 354. The van der Waals surface area contributed by atoms with E-state index < -0.39 is 0 Å². The van der Waals surface area contributed by atoms with Gasteiger partial charge in [0.15, 0.2) is 0 Å². The third kappa shape index (κ3) is 0.549. The third-order valence-corrected chi connectivity index (χ3v) is 3.26. The Kier molecular flexibility index (Phi) is 0.988. The smallest absolute Gasteiger partial charge is 0.0950 e. The molecule has 0 spiro atoms. The predicted molar refractivity (Wildman–Crippen MR) is 45.9 cm³/mol. The summed E-state index contributed by atoms with van der Waals surface area (Å²) in [5.41, 5.74) is 0.980. The van der Waals surface area contributed by atoms with Crippen LogP contribution < -0.4 is 0 Å². The van der Waals surface area contributed by atoms with Crippen molar-refractivity contribution in [2.75, 3.05) is 0 Å². The lowest BCUT2D eigenvalue weighted by Crippen LogP contribution is -2.12. The van der Waals surface area contributed by atoms with Gasteiger partial charge in [0.05, 0.1) is 6.07 Å². The summed E-state index contributed by atoms with van der Waals surface area (Å²) < 4.78 is 0. The molecule has 0 aliphatic heterocycles. The lowest BCUT2D eigenvalue weighted by atomic mass is 9.87. The van der Waals surface area contributed by atoms with E-state index in [0.29, 0.717) is 23.7 Å². The van der Waals surface area contributed by atoms with E-state index in [9.17, 15) is 0 Å². The van der Waals surface area contributed by atoms with Gasteiger partial charge in [0, 0.05) is 17.4 Å². The second kappa shape index (κ2) is 1.90. The summed E-state index contributed by atoms with van der Waals surface area (Å²) in [6, 6.07) is 2.30. The Morgan fingerprint density at radius 1 is 1.08 bits per heavy atom. The van der Waals surface area contributed by atoms with Gasteiger partial charge in [0.2, 0.25) is 0 Å². The van der Waals surface area contributed by atoms with Crippen LogP contribution in [0.2, 0.25) is 0 Å². The molecule has 0 radical (unpaired) electrons. The quantitative estimate of drug-likeness (QED) is 0.491. The minimum absolute atomic E-state index is 0.431. The molecule has 0 aromatic heterocycles. The van der Waals surface area contributed by atoms with E-state index in [1.165, 1.54) is 0 Å². The summed E-state index contributed by atoms with van der Waals surface area (Å²) >= 11 is 0. The second-order valence-corrected chi connectivity index (χ2v) is 3.76. The van der Waals surface area contributed by atoms with Crippen molar-refractivity contribution in [1.29, 1.82) is 5.26 Å². The standard InChI is InChI=1S/C11H9N/c12-6-9-5-8-2-1-7-3-4-10(9)11(7)8/h1-5,7-8,10-11H/t7-,8+,10+,11+/m1/s1. The van der Waals surface area contributed by atoms with E-state index in [-0.39, 0.29) is 0 Å². The summed E-state index contributed by atoms with van der Waals surface area (Å²) in [6.07, 6.45) is 11.1. The van der Waals surface area contributed by atoms with Gasteiger partial charge in [-0.2, -0.15) is 5.26 Å². The summed E-state index contributed by atoms with van der Waals surface area (Å²) in [5.74, 6) is 2.26. The molecule has 0 saturated carbocycles. The van der Waals surface area contributed by atoms with Crippen LogP contribution >= 0.6 is 0 Å². The first-order valence-electron chi connectivity index (χ1n) is 4.38. The molecule has 1 heteroatoms. The maximum atomic E-state index is 8.86. The first kappa shape index (κ1) is 6.25. The summed E-state index contributed by atoms with van der Waals surface area (Å²) in [7, 11) is 0. The Balaban J connectivity index is 2.12. The van der Waals surface area contributed by atoms with Crippen LogP contribution in [0, 0.1) is 35.0 Å². The first-order chi connectivity index (χ1) is 5.90. The zero-order valence-electron chi connectivity index (χ0n) is 6.64. The Hall–Kier alpha value is -1.29. The molecule has 12 heavy (non-hydrogen) atoms. The molecular weight excluding hydrogens is 146 g/mol. The van der Waals surface area contributed by atoms with Gasteiger partial charge in [-0.25, -0.2) is 0 Å². The molecule has 58 valence electrons. The average molecular weight is 155 g/mol. The summed E-state index contributed by atoms with van der Waals surface area (Å²) in [5, 5.41) is 8.86. The van der Waals surface area contributed by atoms with Crippen molar-refractivity contribution >= 4 is 0 Å². The molecule has 3 aliphatic carbocycles. The van der Waals surface area contributed by atoms with Crippen LogP contribution in [0.15, 0.2) is 36.0 Å². The second-order valence-electron chi connectivity index (χ2n) is 3.76. The van der Waals surface area contributed by atoms with Crippen molar-refractivity contribution in [2.45, 2.75) is 0 Å². The fourth-order valence-electron chi connectivity index (χ4n) is 2.73. The van der Waals surface area contributed by atoms with Crippen LogP contribution in [0.3, 0.4) is 0 Å². The van der Waals surface area contributed by atoms with Gasteiger partial charge in [-0.15, -0.1) is 0 Å². The zero-order valence-corrected chi connectivity index (χ0v) is 6.64. The molecule has 0 aromatic carbocycles. The number of allylic oxidation sites excluding steroid dienone is 6. The molecular formula is C11H9N. The fraction of sp³-hybridized carbons (Fsp3) is 0.364. The SMILES string of the molecule is N#CC1=C[C@@H]2C=C[C@@H]3C=C[C@@H]1[C@@H]32. The highest BCUT2D eigenvalue weighted by atomic mass is 14.5. The van der Waals surface area contributed by atoms with Gasteiger partial charge in [-0.1, -0.05) is 30.4 Å². The van der Waals surface area contributed by atoms with Crippen LogP contribution in [-0.4, -0.2) is 0 Å². The number of rotatable bonds is 0. The molecule has 0 bridgehead atoms. The monoisotopic (exact) mass is 155 g/mol. The van der Waals surface area contributed by atoms with Crippen LogP contribution in [0.4, 0.5) is 0 Å². The molecule has 0 heterocycles. The van der Waals surface area contributed by atoms with Crippen molar-refractivity contribution in [3.8, 4) is 6.07 Å². The predicted octanol–water partition coefficient (Wildman–Crippen LogP) is 2.05. The Morgan fingerprint density at radius 2 is 1.83 bits per heavy atom. The number of hydrogen-bond donors (Lipinski definition) is 0. The maximum Gasteiger partial charge on any atom is 0.0950 e. The van der Waals surface area contributed by atoms with E-state index in [2.05, 4.69) is 36.4 Å². The highest BCUT2D eigenvalue weighted by Crippen LogP contribution is 2.50. The molecule has 1 nitrogen and oxygen atoms in total. The topological polar surface area (TPSA) is 23.8 Å². The molecule has 4 atom stereocenters. The average Bonchev–Trinajstić information content (AvgIpc) is 2.72. The molecule has 0 fully saturated rings. The fourth-order valence-corrected chi connectivity index (χ4v) is 2.73. The largest absolute Gasteiger partial charge is 0.193 e. The lowest BCUT2D eigenvalue weighted by Gasteiger charge is -2.14. The van der Waals surface area contributed by atoms with Crippen LogP contribution in [0.5, 0.6) is 0 Å². The Morgan fingerprint density at radius 3 is 2.67 bits per heavy atom. The molecule has 3 rings (SSSR count). The van der Waals surface area contributed by atoms with E-state index >= 15 is 0 Å².